The van der Waals surface area contributed by atoms with Crippen molar-refractivity contribution in [3.63, 3.8) is 0 Å². The van der Waals surface area contributed by atoms with Crippen LogP contribution >= 0.6 is 0 Å². The Kier molecular flexibility index (Phi) is 5.46. The second-order valence-corrected chi connectivity index (χ2v) is 3.14. The van der Waals surface area contributed by atoms with E-state index < -0.39 is 5.54 Å². The lowest BCUT2D eigenvalue weighted by atomic mass is 9.95. The number of aliphatic hydroxyl groups excluding tert-OH is 2. The molecule has 0 rings (SSSR count). The topological polar surface area (TPSA) is 66.5 Å². The van der Waals surface area contributed by atoms with Gasteiger partial charge in [-0.25, -0.2) is 0 Å². The zero-order valence-electron chi connectivity index (χ0n) is 7.21. The molecule has 0 aromatic heterocycles. The molecule has 0 aliphatic rings. The second kappa shape index (κ2) is 5.52. The highest BCUT2D eigenvalue weighted by molar-refractivity contribution is 4.81. The van der Waals surface area contributed by atoms with Gasteiger partial charge >= 0.3 is 0 Å². The zero-order valence-corrected chi connectivity index (χ0v) is 7.21. The van der Waals surface area contributed by atoms with Crippen molar-refractivity contribution in [2.45, 2.75) is 38.1 Å². The first-order valence-corrected chi connectivity index (χ1v) is 4.19. The Bertz CT molecular complexity index is 92.1. The van der Waals surface area contributed by atoms with Crippen LogP contribution in [-0.4, -0.2) is 29.0 Å². The van der Waals surface area contributed by atoms with Crippen LogP contribution in [0.2, 0.25) is 0 Å². The average molecular weight is 161 g/mol. The third kappa shape index (κ3) is 4.35. The maximum atomic E-state index is 8.80. The lowest BCUT2D eigenvalue weighted by molar-refractivity contribution is 0.112. The minimum atomic E-state index is -0.755. The quantitative estimate of drug-likeness (QED) is 0.489. The molecule has 11 heavy (non-hydrogen) atoms. The van der Waals surface area contributed by atoms with E-state index in [0.717, 1.165) is 19.3 Å². The molecule has 0 aliphatic heterocycles. The monoisotopic (exact) mass is 161 g/mol. The van der Waals surface area contributed by atoms with Gasteiger partial charge in [-0.2, -0.15) is 0 Å². The number of hydrogen-bond donors (Lipinski definition) is 3. The molecule has 0 atom stereocenters. The van der Waals surface area contributed by atoms with Gasteiger partial charge in [0.25, 0.3) is 0 Å². The maximum absolute atomic E-state index is 8.80. The van der Waals surface area contributed by atoms with Crippen molar-refractivity contribution < 1.29 is 10.2 Å². The van der Waals surface area contributed by atoms with Crippen LogP contribution in [0.5, 0.6) is 0 Å². The van der Waals surface area contributed by atoms with E-state index in [2.05, 4.69) is 6.92 Å². The molecule has 68 valence electrons. The predicted molar refractivity (Wildman–Crippen MR) is 45.2 cm³/mol. The van der Waals surface area contributed by atoms with Crippen molar-refractivity contribution in [3.8, 4) is 0 Å². The predicted octanol–water partition coefficient (Wildman–Crippen LogP) is 0.249. The van der Waals surface area contributed by atoms with Crippen LogP contribution in [0.15, 0.2) is 0 Å². The summed E-state index contributed by atoms with van der Waals surface area (Å²) in [7, 11) is 0. The van der Waals surface area contributed by atoms with Gasteiger partial charge < -0.3 is 15.9 Å². The summed E-state index contributed by atoms with van der Waals surface area (Å²) in [5.41, 5.74) is 4.88. The van der Waals surface area contributed by atoms with E-state index in [-0.39, 0.29) is 13.2 Å². The number of hydrogen-bond acceptors (Lipinski definition) is 3. The fraction of sp³-hybridized carbons (Fsp3) is 1.00. The smallest absolute Gasteiger partial charge is 0.0633 e. The van der Waals surface area contributed by atoms with Crippen molar-refractivity contribution in [2.24, 2.45) is 5.73 Å². The minimum absolute atomic E-state index is 0.132. The first-order chi connectivity index (χ1) is 5.18. The van der Waals surface area contributed by atoms with Crippen LogP contribution in [0.4, 0.5) is 0 Å². The Labute approximate surface area is 68.2 Å². The van der Waals surface area contributed by atoms with Gasteiger partial charge in [-0.05, 0) is 6.42 Å². The van der Waals surface area contributed by atoms with Gasteiger partial charge in [0.2, 0.25) is 0 Å². The highest BCUT2D eigenvalue weighted by atomic mass is 16.3. The lowest BCUT2D eigenvalue weighted by Crippen LogP contribution is -2.47. The standard InChI is InChI=1S/C8H19NO2/c1-2-3-4-5-8(9,6-10)7-11/h10-11H,2-7,9H2,1H3. The molecule has 0 spiro atoms. The van der Waals surface area contributed by atoms with Crippen LogP contribution in [0.1, 0.15) is 32.6 Å². The molecule has 0 aliphatic carbocycles. The van der Waals surface area contributed by atoms with Crippen LogP contribution in [0.3, 0.4) is 0 Å². The van der Waals surface area contributed by atoms with Crippen molar-refractivity contribution in [2.75, 3.05) is 13.2 Å². The van der Waals surface area contributed by atoms with Crippen molar-refractivity contribution >= 4 is 0 Å². The summed E-state index contributed by atoms with van der Waals surface area (Å²) in [5.74, 6) is 0. The third-order valence-corrected chi connectivity index (χ3v) is 1.91. The van der Waals surface area contributed by atoms with Crippen molar-refractivity contribution in [3.05, 3.63) is 0 Å². The van der Waals surface area contributed by atoms with Gasteiger partial charge in [0, 0.05) is 0 Å². The Hall–Kier alpha value is -0.120. The van der Waals surface area contributed by atoms with Gasteiger partial charge in [-0.15, -0.1) is 0 Å². The maximum Gasteiger partial charge on any atom is 0.0633 e. The first-order valence-electron chi connectivity index (χ1n) is 4.19. The summed E-state index contributed by atoms with van der Waals surface area (Å²) in [6.45, 7) is 1.84. The fourth-order valence-electron chi connectivity index (χ4n) is 0.935. The largest absolute Gasteiger partial charge is 0.394 e. The molecule has 0 aromatic rings. The van der Waals surface area contributed by atoms with Crippen molar-refractivity contribution in [1.82, 2.24) is 0 Å². The van der Waals surface area contributed by atoms with Crippen LogP contribution < -0.4 is 5.73 Å². The first kappa shape index (κ1) is 10.9. The van der Waals surface area contributed by atoms with E-state index in [4.69, 9.17) is 15.9 Å². The number of nitrogens with two attached hydrogens (primary N) is 1. The molecule has 3 nitrogen and oxygen atoms in total. The molecule has 0 fully saturated rings. The molecular formula is C8H19NO2. The van der Waals surface area contributed by atoms with Gasteiger partial charge in [0.05, 0.1) is 18.8 Å². The SMILES string of the molecule is CCCCCC(N)(CO)CO. The Morgan fingerprint density at radius 3 is 2.09 bits per heavy atom. The fourth-order valence-corrected chi connectivity index (χ4v) is 0.935. The molecule has 0 radical (unpaired) electrons. The van der Waals surface area contributed by atoms with Crippen molar-refractivity contribution in [1.29, 1.82) is 0 Å². The molecule has 0 amide bonds. The third-order valence-electron chi connectivity index (χ3n) is 1.91. The molecule has 3 heteroatoms. The normalized spacial score (nSPS) is 12.0. The number of rotatable bonds is 6. The van der Waals surface area contributed by atoms with Gasteiger partial charge in [0.15, 0.2) is 0 Å². The highest BCUT2D eigenvalue weighted by Crippen LogP contribution is 2.10. The number of aliphatic hydroxyl groups is 2. The molecule has 0 saturated carbocycles. The summed E-state index contributed by atoms with van der Waals surface area (Å²) >= 11 is 0. The Morgan fingerprint density at radius 1 is 1.18 bits per heavy atom. The zero-order chi connectivity index (χ0) is 8.74. The molecule has 0 saturated heterocycles. The van der Waals surface area contributed by atoms with Crippen LogP contribution in [0.25, 0.3) is 0 Å². The van der Waals surface area contributed by atoms with E-state index in [1.165, 1.54) is 0 Å². The average Bonchev–Trinajstić information content (AvgIpc) is 2.05. The van der Waals surface area contributed by atoms with E-state index in [1.807, 2.05) is 0 Å². The molecule has 0 heterocycles. The van der Waals surface area contributed by atoms with Gasteiger partial charge in [-0.1, -0.05) is 26.2 Å². The minimum Gasteiger partial charge on any atom is -0.394 e. The molecule has 0 bridgehead atoms. The van der Waals surface area contributed by atoms with Gasteiger partial charge in [-0.3, -0.25) is 0 Å². The summed E-state index contributed by atoms with van der Waals surface area (Å²) in [4.78, 5) is 0. The number of unbranched alkanes of at least 4 members (excludes halogenated alkanes) is 2. The molecular weight excluding hydrogens is 142 g/mol. The Balaban J connectivity index is 3.51. The van der Waals surface area contributed by atoms with E-state index in [1.54, 1.807) is 0 Å². The summed E-state index contributed by atoms with van der Waals surface area (Å²) in [6.07, 6.45) is 3.92. The van der Waals surface area contributed by atoms with Crippen LogP contribution in [0, 0.1) is 0 Å². The highest BCUT2D eigenvalue weighted by Gasteiger charge is 2.21. The molecule has 0 aromatic carbocycles. The van der Waals surface area contributed by atoms with E-state index in [9.17, 15) is 0 Å². The summed E-state index contributed by atoms with van der Waals surface area (Å²) < 4.78 is 0. The second-order valence-electron chi connectivity index (χ2n) is 3.14. The van der Waals surface area contributed by atoms with E-state index in [0.29, 0.717) is 6.42 Å². The van der Waals surface area contributed by atoms with Gasteiger partial charge in [0.1, 0.15) is 0 Å². The molecule has 4 N–H and O–H groups in total. The summed E-state index contributed by atoms with van der Waals surface area (Å²) in [5, 5.41) is 17.6. The molecule has 0 unspecified atom stereocenters. The van der Waals surface area contributed by atoms with E-state index >= 15 is 0 Å². The lowest BCUT2D eigenvalue weighted by Gasteiger charge is -2.24. The summed E-state index contributed by atoms with van der Waals surface area (Å²) in [6, 6.07) is 0. The Morgan fingerprint density at radius 2 is 1.73 bits per heavy atom. The van der Waals surface area contributed by atoms with Crippen LogP contribution in [-0.2, 0) is 0 Å².